The third kappa shape index (κ3) is 19.0. The van der Waals surface area contributed by atoms with E-state index >= 15 is 0 Å². The lowest BCUT2D eigenvalue weighted by Gasteiger charge is -2.33. The highest BCUT2D eigenvalue weighted by Gasteiger charge is 2.41. The smallest absolute Gasteiger partial charge is 0.434 e. The number of para-hydroxylation sites is 1. The maximum Gasteiger partial charge on any atom is 0.434 e. The number of aliphatic carboxylic acids is 3. The SMILES string of the molecule is CCCN(NC(=O)[C@H]1CCCN1C(=O)[C@@H](NC(=O)[C@@H](NC(=O)[C@H](CC(=O)O)NC(=O)[C@H](CCC(=O)O)NC(=O)[C@@H](NC(=O)[C@H](CC(=O)O)NC(C)=O)[C@@H](C)O)C(C)C)C(C)C)C(=O)Oc1ccccc1. The molecule has 0 spiro atoms. The van der Waals surface area contributed by atoms with Crippen LogP contribution < -0.4 is 42.1 Å². The Labute approximate surface area is 403 Å². The molecule has 1 aliphatic heterocycles. The molecular formula is C44H65N9O17. The number of hydrogen-bond donors (Lipinski definition) is 11. The molecule has 0 saturated carbocycles. The van der Waals surface area contributed by atoms with Crippen molar-refractivity contribution >= 4 is 71.3 Å². The number of benzene rings is 1. The van der Waals surface area contributed by atoms with E-state index in [0.29, 0.717) is 12.8 Å². The van der Waals surface area contributed by atoms with E-state index in [-0.39, 0.29) is 25.3 Å². The fourth-order valence-electron chi connectivity index (χ4n) is 7.04. The number of amides is 9. The monoisotopic (exact) mass is 991 g/mol. The molecule has 1 heterocycles. The first-order valence-corrected chi connectivity index (χ1v) is 22.5. The summed E-state index contributed by atoms with van der Waals surface area (Å²) >= 11 is 0. The van der Waals surface area contributed by atoms with Crippen LogP contribution >= 0.6 is 0 Å². The lowest BCUT2D eigenvalue weighted by Crippen LogP contribution is -2.62. The minimum Gasteiger partial charge on any atom is -0.481 e. The Morgan fingerprint density at radius 3 is 1.67 bits per heavy atom. The Kier molecular flexibility index (Phi) is 23.7. The molecule has 0 radical (unpaired) electrons. The summed E-state index contributed by atoms with van der Waals surface area (Å²) in [7, 11) is 0. The lowest BCUT2D eigenvalue weighted by atomic mass is 9.98. The van der Waals surface area contributed by atoms with Gasteiger partial charge in [-0.15, -0.1) is 0 Å². The first-order valence-electron chi connectivity index (χ1n) is 22.5. The molecule has 26 heteroatoms. The van der Waals surface area contributed by atoms with E-state index in [1.54, 1.807) is 51.1 Å². The maximum atomic E-state index is 14.2. The molecule has 70 heavy (non-hydrogen) atoms. The normalized spacial score (nSPS) is 16.1. The number of hydrazine groups is 1. The lowest BCUT2D eigenvalue weighted by molar-refractivity contribution is -0.144. The Hall–Kier alpha value is -7.38. The van der Waals surface area contributed by atoms with Gasteiger partial charge in [-0.2, -0.15) is 0 Å². The molecule has 26 nitrogen and oxygen atoms in total. The van der Waals surface area contributed by atoms with Crippen LogP contribution in [0.25, 0.3) is 0 Å². The van der Waals surface area contributed by atoms with Crippen molar-refractivity contribution in [2.45, 2.75) is 142 Å². The second kappa shape index (κ2) is 28.2. The summed E-state index contributed by atoms with van der Waals surface area (Å²) in [6.45, 7) is 10.3. The summed E-state index contributed by atoms with van der Waals surface area (Å²) in [6.07, 6.45) is -5.02. The highest BCUT2D eigenvalue weighted by Crippen LogP contribution is 2.21. The number of nitrogens with one attached hydrogen (secondary N) is 7. The molecule has 9 amide bonds. The van der Waals surface area contributed by atoms with E-state index in [2.05, 4.69) is 37.3 Å². The molecule has 1 aromatic carbocycles. The second-order valence-corrected chi connectivity index (χ2v) is 17.2. The van der Waals surface area contributed by atoms with Gasteiger partial charge in [-0.3, -0.25) is 58.2 Å². The van der Waals surface area contributed by atoms with Gasteiger partial charge < -0.3 is 62.0 Å². The van der Waals surface area contributed by atoms with Gasteiger partial charge in [-0.05, 0) is 56.6 Å². The molecule has 0 bridgehead atoms. The third-order valence-corrected chi connectivity index (χ3v) is 10.6. The van der Waals surface area contributed by atoms with Gasteiger partial charge in [0.1, 0.15) is 48.0 Å². The number of nitrogens with zero attached hydrogens (tertiary/aromatic N) is 2. The van der Waals surface area contributed by atoms with E-state index in [1.165, 1.54) is 18.7 Å². The van der Waals surface area contributed by atoms with Crippen LogP contribution in [0.5, 0.6) is 5.75 Å². The van der Waals surface area contributed by atoms with Crippen molar-refractivity contribution in [3.05, 3.63) is 30.3 Å². The van der Waals surface area contributed by atoms with Gasteiger partial charge in [-0.1, -0.05) is 52.8 Å². The molecule has 0 aromatic heterocycles. The Balaban J connectivity index is 2.30. The molecule has 1 fully saturated rings. The van der Waals surface area contributed by atoms with Crippen LogP contribution in [0.2, 0.25) is 0 Å². The van der Waals surface area contributed by atoms with Gasteiger partial charge in [0.25, 0.3) is 5.91 Å². The fraction of sp³-hybridized carbons (Fsp3) is 0.591. The molecule has 11 N–H and O–H groups in total. The van der Waals surface area contributed by atoms with Crippen molar-refractivity contribution in [2.24, 2.45) is 11.8 Å². The van der Waals surface area contributed by atoms with Gasteiger partial charge >= 0.3 is 24.0 Å². The molecule has 1 saturated heterocycles. The number of ether oxygens (including phenoxy) is 1. The van der Waals surface area contributed by atoms with Crippen LogP contribution in [0.4, 0.5) is 4.79 Å². The largest absolute Gasteiger partial charge is 0.481 e. The number of aliphatic hydroxyl groups excluding tert-OH is 1. The molecule has 0 aliphatic carbocycles. The van der Waals surface area contributed by atoms with Crippen molar-refractivity contribution in [1.82, 2.24) is 47.2 Å². The van der Waals surface area contributed by atoms with Crippen molar-refractivity contribution in [3.8, 4) is 5.75 Å². The number of rotatable bonds is 26. The van der Waals surface area contributed by atoms with Crippen LogP contribution in [-0.2, 0) is 52.7 Å². The van der Waals surface area contributed by atoms with E-state index in [1.807, 2.05) is 0 Å². The summed E-state index contributed by atoms with van der Waals surface area (Å²) in [4.78, 5) is 156. The highest BCUT2D eigenvalue weighted by atomic mass is 16.6. The highest BCUT2D eigenvalue weighted by molar-refractivity contribution is 5.99. The van der Waals surface area contributed by atoms with Crippen LogP contribution in [0.15, 0.2) is 30.3 Å². The van der Waals surface area contributed by atoms with E-state index in [4.69, 9.17) is 4.74 Å². The summed E-state index contributed by atoms with van der Waals surface area (Å²) in [6, 6.07) is -3.12. The van der Waals surface area contributed by atoms with Gasteiger partial charge in [0.05, 0.1) is 18.9 Å². The topological polar surface area (TPSA) is 386 Å². The Morgan fingerprint density at radius 1 is 0.671 bits per heavy atom. The van der Waals surface area contributed by atoms with Crippen molar-refractivity contribution in [3.63, 3.8) is 0 Å². The summed E-state index contributed by atoms with van der Waals surface area (Å²) < 4.78 is 5.38. The number of carboxylic acids is 3. The molecule has 2 rings (SSSR count). The summed E-state index contributed by atoms with van der Waals surface area (Å²) in [5.41, 5.74) is 2.54. The van der Waals surface area contributed by atoms with Crippen molar-refractivity contribution in [2.75, 3.05) is 13.1 Å². The molecule has 1 aliphatic rings. The van der Waals surface area contributed by atoms with Crippen LogP contribution in [-0.4, -0.2) is 163 Å². The van der Waals surface area contributed by atoms with Gasteiger partial charge in [-0.25, -0.2) is 9.80 Å². The van der Waals surface area contributed by atoms with Crippen LogP contribution in [0.1, 0.15) is 93.4 Å². The molecular weight excluding hydrogens is 927 g/mol. The molecule has 0 unspecified atom stereocenters. The van der Waals surface area contributed by atoms with E-state index in [9.17, 15) is 78.0 Å². The summed E-state index contributed by atoms with van der Waals surface area (Å²) in [5.74, 6) is -13.8. The number of hydrogen-bond acceptors (Lipinski definition) is 14. The summed E-state index contributed by atoms with van der Waals surface area (Å²) in [5, 5.41) is 53.1. The number of carbonyl (C=O) groups is 12. The average Bonchev–Trinajstić information content (AvgIpc) is 3.76. The van der Waals surface area contributed by atoms with Crippen molar-refractivity contribution < 1.29 is 82.7 Å². The zero-order valence-corrected chi connectivity index (χ0v) is 40.0. The van der Waals surface area contributed by atoms with E-state index < -0.39 is 157 Å². The second-order valence-electron chi connectivity index (χ2n) is 17.2. The quantitative estimate of drug-likeness (QED) is 0.0464. The average molecular weight is 992 g/mol. The molecule has 388 valence electrons. The Bertz CT molecular complexity index is 2050. The van der Waals surface area contributed by atoms with Gasteiger partial charge in [0.15, 0.2) is 0 Å². The first-order chi connectivity index (χ1) is 32.8. The molecule has 1 aromatic rings. The third-order valence-electron chi connectivity index (χ3n) is 10.6. The maximum absolute atomic E-state index is 14.2. The predicted octanol–water partition coefficient (Wildman–Crippen LogP) is -1.64. The first kappa shape index (κ1) is 58.7. The number of likely N-dealkylation sites (tertiary alicyclic amines) is 1. The Morgan fingerprint density at radius 2 is 1.17 bits per heavy atom. The fourth-order valence-corrected chi connectivity index (χ4v) is 7.04. The number of aliphatic hydroxyl groups is 1. The number of carboxylic acid groups (broad SMARTS) is 3. The predicted molar refractivity (Wildman–Crippen MR) is 242 cm³/mol. The standard InChI is InChI=1S/C44H65N9O17/c1-8-18-53(44(69)70-26-13-10-9-11-14-26)51-40(65)30-15-12-19-52(30)43(68)35(23(4)5)49-41(66)34(22(2)3)48-39(64)29(21-33(60)61)47-37(62)27(16-17-31(56)57)46-42(67)36(24(6)54)50-38(63)28(20-32(58)59)45-25(7)55/h9-11,13-14,22-24,27-30,34-36,54H,8,12,15-21H2,1-7H3,(H,45,55)(H,46,67)(H,47,62)(H,48,64)(H,49,66)(H,50,63)(H,51,65)(H,56,57)(H,58,59)(H,60,61)/t24-,27+,28+,29+,30-,34+,35+,36+/m1/s1. The zero-order chi connectivity index (χ0) is 53.0. The minimum absolute atomic E-state index is 0.0807. The van der Waals surface area contributed by atoms with Gasteiger partial charge in [0.2, 0.25) is 41.4 Å². The number of carbonyl (C=O) groups excluding carboxylic acids is 9. The van der Waals surface area contributed by atoms with Crippen LogP contribution in [0.3, 0.4) is 0 Å². The molecule has 8 atom stereocenters. The zero-order valence-electron chi connectivity index (χ0n) is 40.0. The van der Waals surface area contributed by atoms with E-state index in [0.717, 1.165) is 18.9 Å². The van der Waals surface area contributed by atoms with Crippen LogP contribution in [0, 0.1) is 11.8 Å². The van der Waals surface area contributed by atoms with Gasteiger partial charge in [0, 0.05) is 26.4 Å². The minimum atomic E-state index is -1.98. The van der Waals surface area contributed by atoms with Crippen molar-refractivity contribution in [1.29, 1.82) is 0 Å².